The summed E-state index contributed by atoms with van der Waals surface area (Å²) >= 11 is 1.81. The summed E-state index contributed by atoms with van der Waals surface area (Å²) in [5.41, 5.74) is 1.12. The quantitative estimate of drug-likeness (QED) is 0.572. The molecule has 1 saturated heterocycles. The topological polar surface area (TPSA) is 54.0 Å². The monoisotopic (exact) mass is 443 g/mol. The lowest BCUT2D eigenvalue weighted by molar-refractivity contribution is -0.126. The van der Waals surface area contributed by atoms with Gasteiger partial charge in [-0.1, -0.05) is 24.3 Å². The molecule has 6 nitrogen and oxygen atoms in total. The molecular formula is C24H33N3O3S. The van der Waals surface area contributed by atoms with Gasteiger partial charge in [0.15, 0.2) is 0 Å². The Balaban J connectivity index is 1.20. The van der Waals surface area contributed by atoms with Gasteiger partial charge in [-0.05, 0) is 35.9 Å². The van der Waals surface area contributed by atoms with Gasteiger partial charge < -0.3 is 14.8 Å². The van der Waals surface area contributed by atoms with E-state index in [1.54, 1.807) is 0 Å². The maximum atomic E-state index is 12.6. The molecule has 3 heterocycles. The van der Waals surface area contributed by atoms with Gasteiger partial charge >= 0.3 is 0 Å². The van der Waals surface area contributed by atoms with Crippen molar-refractivity contribution in [1.82, 2.24) is 15.1 Å². The maximum Gasteiger partial charge on any atom is 0.226 e. The van der Waals surface area contributed by atoms with Gasteiger partial charge in [-0.3, -0.25) is 14.6 Å². The van der Waals surface area contributed by atoms with Crippen LogP contribution in [0, 0.1) is 5.92 Å². The molecule has 2 aliphatic heterocycles. The Bertz CT molecular complexity index is 808. The average Bonchev–Trinajstić information content (AvgIpc) is 3.33. The van der Waals surface area contributed by atoms with Crippen molar-refractivity contribution in [1.29, 1.82) is 0 Å². The smallest absolute Gasteiger partial charge is 0.226 e. The molecule has 1 atom stereocenters. The molecule has 0 unspecified atom stereocenters. The summed E-state index contributed by atoms with van der Waals surface area (Å²) in [5, 5.41) is 5.27. The molecule has 0 spiro atoms. The number of hydrogen-bond donors (Lipinski definition) is 1. The molecule has 0 radical (unpaired) electrons. The number of para-hydroxylation sites is 1. The van der Waals surface area contributed by atoms with E-state index in [0.29, 0.717) is 13.2 Å². The fraction of sp³-hybridized carbons (Fsp3) is 0.542. The highest BCUT2D eigenvalue weighted by Crippen LogP contribution is 2.26. The van der Waals surface area contributed by atoms with Crippen molar-refractivity contribution < 1.29 is 14.3 Å². The first kappa shape index (κ1) is 22.3. The predicted octanol–water partition coefficient (Wildman–Crippen LogP) is 2.64. The van der Waals surface area contributed by atoms with Gasteiger partial charge in [-0.25, -0.2) is 0 Å². The Morgan fingerprint density at radius 1 is 1.16 bits per heavy atom. The Kier molecular flexibility index (Phi) is 8.35. The minimum atomic E-state index is -0.0987. The number of carbonyl (C=O) groups is 1. The van der Waals surface area contributed by atoms with Crippen LogP contribution >= 0.6 is 11.3 Å². The van der Waals surface area contributed by atoms with E-state index < -0.39 is 0 Å². The van der Waals surface area contributed by atoms with Crippen molar-refractivity contribution in [3.63, 3.8) is 0 Å². The van der Waals surface area contributed by atoms with Crippen LogP contribution in [0.25, 0.3) is 0 Å². The molecule has 0 aliphatic carbocycles. The van der Waals surface area contributed by atoms with Crippen molar-refractivity contribution >= 4 is 17.2 Å². The number of nitrogens with zero attached hydrogens (tertiary/aromatic N) is 2. The zero-order valence-corrected chi connectivity index (χ0v) is 18.9. The standard InChI is InChI=1S/C24H33N3O3S/c28-24(21-17-20-5-1-2-7-23(20)30-19-21)25-8-4-9-27(18-22-6-3-16-31-22)11-10-26-12-14-29-15-13-26/h1-3,5-7,16,21H,4,8-15,17-19H2,(H,25,28)/t21-/m1/s1. The molecule has 4 rings (SSSR count). The molecular weight excluding hydrogens is 410 g/mol. The lowest BCUT2D eigenvalue weighted by Crippen LogP contribution is -2.42. The third kappa shape index (κ3) is 6.77. The number of ether oxygens (including phenoxy) is 2. The number of amides is 1. The average molecular weight is 444 g/mol. The lowest BCUT2D eigenvalue weighted by atomic mass is 9.96. The predicted molar refractivity (Wildman–Crippen MR) is 124 cm³/mol. The van der Waals surface area contributed by atoms with Gasteiger partial charge in [0.25, 0.3) is 0 Å². The Morgan fingerprint density at radius 2 is 2.03 bits per heavy atom. The van der Waals surface area contributed by atoms with Crippen LogP contribution in [-0.4, -0.2) is 74.8 Å². The van der Waals surface area contributed by atoms with Crippen LogP contribution in [0.1, 0.15) is 16.9 Å². The Labute approximate surface area is 189 Å². The summed E-state index contributed by atoms with van der Waals surface area (Å²) in [7, 11) is 0. The van der Waals surface area contributed by atoms with E-state index in [1.807, 2.05) is 35.6 Å². The molecule has 1 amide bonds. The minimum absolute atomic E-state index is 0.0987. The van der Waals surface area contributed by atoms with E-state index >= 15 is 0 Å². The van der Waals surface area contributed by atoms with Crippen molar-refractivity contribution in [2.45, 2.75) is 19.4 Å². The van der Waals surface area contributed by atoms with Gasteiger partial charge in [0, 0.05) is 50.7 Å². The molecule has 1 aromatic carbocycles. The summed E-state index contributed by atoms with van der Waals surface area (Å²) < 4.78 is 11.2. The molecule has 1 N–H and O–H groups in total. The first-order valence-corrected chi connectivity index (χ1v) is 12.2. The van der Waals surface area contributed by atoms with E-state index in [-0.39, 0.29) is 11.8 Å². The van der Waals surface area contributed by atoms with Crippen LogP contribution in [-0.2, 0) is 22.5 Å². The first-order chi connectivity index (χ1) is 15.3. The molecule has 2 aliphatic rings. The summed E-state index contributed by atoms with van der Waals surface area (Å²) in [6.45, 7) is 8.96. The highest BCUT2D eigenvalue weighted by Gasteiger charge is 2.25. The highest BCUT2D eigenvalue weighted by molar-refractivity contribution is 7.09. The fourth-order valence-corrected chi connectivity index (χ4v) is 4.90. The molecule has 7 heteroatoms. The Hall–Kier alpha value is -1.93. The van der Waals surface area contributed by atoms with Crippen LogP contribution in [0.4, 0.5) is 0 Å². The number of morpholine rings is 1. The molecule has 1 fully saturated rings. The summed E-state index contributed by atoms with van der Waals surface area (Å²) in [6.07, 6.45) is 1.70. The number of benzene rings is 1. The van der Waals surface area contributed by atoms with Gasteiger partial charge in [-0.2, -0.15) is 0 Å². The fourth-order valence-electron chi connectivity index (χ4n) is 4.16. The number of fused-ring (bicyclic) bond motifs is 1. The van der Waals surface area contributed by atoms with E-state index in [4.69, 9.17) is 9.47 Å². The molecule has 0 saturated carbocycles. The maximum absolute atomic E-state index is 12.6. The molecule has 31 heavy (non-hydrogen) atoms. The van der Waals surface area contributed by atoms with Gasteiger partial charge in [0.1, 0.15) is 12.4 Å². The van der Waals surface area contributed by atoms with E-state index in [2.05, 4.69) is 32.6 Å². The molecule has 168 valence electrons. The van der Waals surface area contributed by atoms with Crippen LogP contribution in [0.2, 0.25) is 0 Å². The highest BCUT2D eigenvalue weighted by atomic mass is 32.1. The van der Waals surface area contributed by atoms with Crippen molar-refractivity contribution in [2.24, 2.45) is 5.92 Å². The number of hydrogen-bond acceptors (Lipinski definition) is 6. The zero-order valence-electron chi connectivity index (χ0n) is 18.1. The second-order valence-electron chi connectivity index (χ2n) is 8.27. The van der Waals surface area contributed by atoms with Crippen LogP contribution < -0.4 is 10.1 Å². The number of rotatable bonds is 10. The number of carbonyl (C=O) groups excluding carboxylic acids is 1. The van der Waals surface area contributed by atoms with Crippen LogP contribution in [0.5, 0.6) is 5.75 Å². The number of thiophene rings is 1. The van der Waals surface area contributed by atoms with Gasteiger partial charge in [0.2, 0.25) is 5.91 Å². The van der Waals surface area contributed by atoms with Crippen molar-refractivity contribution in [3.05, 3.63) is 52.2 Å². The lowest BCUT2D eigenvalue weighted by Gasteiger charge is -2.30. The minimum Gasteiger partial charge on any atom is -0.492 e. The summed E-state index contributed by atoms with van der Waals surface area (Å²) in [6, 6.07) is 12.3. The molecule has 1 aromatic heterocycles. The number of nitrogens with one attached hydrogen (secondary N) is 1. The van der Waals surface area contributed by atoms with E-state index in [0.717, 1.165) is 76.6 Å². The van der Waals surface area contributed by atoms with Crippen molar-refractivity contribution in [3.8, 4) is 5.75 Å². The summed E-state index contributed by atoms with van der Waals surface area (Å²) in [5.74, 6) is 0.919. The third-order valence-corrected chi connectivity index (χ3v) is 6.86. The van der Waals surface area contributed by atoms with Crippen molar-refractivity contribution in [2.75, 3.05) is 59.1 Å². The SMILES string of the molecule is O=C(NCCCN(CCN1CCOCC1)Cc1cccs1)[C@H]1COc2ccccc2C1. The largest absolute Gasteiger partial charge is 0.492 e. The van der Waals surface area contributed by atoms with Crippen LogP contribution in [0.3, 0.4) is 0 Å². The molecule has 0 bridgehead atoms. The van der Waals surface area contributed by atoms with Gasteiger partial charge in [0.05, 0.1) is 19.1 Å². The molecule has 2 aromatic rings. The van der Waals surface area contributed by atoms with Gasteiger partial charge in [-0.15, -0.1) is 11.3 Å². The zero-order chi connectivity index (χ0) is 21.3. The third-order valence-electron chi connectivity index (χ3n) is 6.00. The second kappa shape index (κ2) is 11.6. The normalized spacial score (nSPS) is 19.1. The first-order valence-electron chi connectivity index (χ1n) is 11.3. The van der Waals surface area contributed by atoms with E-state index in [9.17, 15) is 4.79 Å². The van der Waals surface area contributed by atoms with E-state index in [1.165, 1.54) is 4.88 Å². The Morgan fingerprint density at radius 3 is 2.87 bits per heavy atom. The second-order valence-corrected chi connectivity index (χ2v) is 9.31. The van der Waals surface area contributed by atoms with Crippen LogP contribution in [0.15, 0.2) is 41.8 Å². The summed E-state index contributed by atoms with van der Waals surface area (Å²) in [4.78, 5) is 19.0.